The maximum absolute atomic E-state index is 9.64. The van der Waals surface area contributed by atoms with Gasteiger partial charge < -0.3 is 5.11 Å². The van der Waals surface area contributed by atoms with Crippen LogP contribution in [0.25, 0.3) is 10.1 Å². The minimum Gasteiger partial charge on any atom is -0.499 e. The van der Waals surface area contributed by atoms with Gasteiger partial charge in [0.05, 0.1) is 0 Å². The summed E-state index contributed by atoms with van der Waals surface area (Å²) in [6, 6.07) is 6.28. The van der Waals surface area contributed by atoms with Gasteiger partial charge in [0.25, 0.3) is 0 Å². The highest BCUT2D eigenvalue weighted by Gasteiger charge is 2.08. The van der Waals surface area contributed by atoms with Crippen molar-refractivity contribution < 1.29 is 5.11 Å². The average molecular weight is 304 g/mol. The van der Waals surface area contributed by atoms with Crippen molar-refractivity contribution in [2.75, 3.05) is 0 Å². The second-order valence-corrected chi connectivity index (χ2v) is 5.16. The van der Waals surface area contributed by atoms with E-state index >= 15 is 0 Å². The molecule has 1 aromatic carbocycles. The third kappa shape index (κ3) is 1.55. The second-order valence-electron chi connectivity index (χ2n) is 2.88. The monoisotopic (exact) mass is 304 g/mol. The number of hydrogen-bond donors (Lipinski definition) is 1. The summed E-state index contributed by atoms with van der Waals surface area (Å²) in [5.74, 6) is 0. The van der Waals surface area contributed by atoms with Crippen LogP contribution >= 0.6 is 33.9 Å². The minimum absolute atomic E-state index is 0.472. The van der Waals surface area contributed by atoms with Crippen LogP contribution < -0.4 is 0 Å². The lowest BCUT2D eigenvalue weighted by Gasteiger charge is -1.94. The van der Waals surface area contributed by atoms with Gasteiger partial charge >= 0.3 is 0 Å². The van der Waals surface area contributed by atoms with E-state index < -0.39 is 0 Å². The Morgan fingerprint density at radius 1 is 1.46 bits per heavy atom. The van der Waals surface area contributed by atoms with Gasteiger partial charge in [-0.25, -0.2) is 0 Å². The normalized spacial score (nSPS) is 10.9. The molecule has 0 aliphatic carbocycles. The molecule has 13 heavy (non-hydrogen) atoms. The molecule has 0 bridgehead atoms. The molecule has 1 N–H and O–H groups in total. The number of aromatic hydroxyl groups is 1. The smallest absolute Gasteiger partial charge is 0.175 e. The second kappa shape index (κ2) is 3.46. The summed E-state index contributed by atoms with van der Waals surface area (Å²) < 4.78 is 2.40. The first-order valence-electron chi connectivity index (χ1n) is 4.12. The van der Waals surface area contributed by atoms with Crippen molar-refractivity contribution in [2.45, 2.75) is 13.3 Å². The highest BCUT2D eigenvalue weighted by atomic mass is 127. The summed E-state index contributed by atoms with van der Waals surface area (Å²) in [6.07, 6.45) is 0.895. The van der Waals surface area contributed by atoms with E-state index in [2.05, 4.69) is 47.7 Å². The number of thiophene rings is 1. The molecule has 0 spiro atoms. The van der Waals surface area contributed by atoms with Gasteiger partial charge in [-0.1, -0.05) is 24.3 Å². The summed E-state index contributed by atoms with van der Waals surface area (Å²) in [4.78, 5) is 0. The van der Waals surface area contributed by atoms with Crippen LogP contribution in [0.5, 0.6) is 5.06 Å². The Morgan fingerprint density at radius 3 is 2.92 bits per heavy atom. The van der Waals surface area contributed by atoms with Crippen molar-refractivity contribution in [2.24, 2.45) is 0 Å². The molecular weight excluding hydrogens is 295 g/mol. The molecule has 0 aliphatic heterocycles. The lowest BCUT2D eigenvalue weighted by Crippen LogP contribution is -1.76. The quantitative estimate of drug-likeness (QED) is 0.795. The first-order chi connectivity index (χ1) is 6.22. The first kappa shape index (κ1) is 9.27. The van der Waals surface area contributed by atoms with E-state index in [0.717, 1.165) is 12.0 Å². The standard InChI is InChI=1S/C10H9IOS/c1-2-7-8-4-3-6(11)5-9(8)13-10(7)12/h3-5,12H,2H2,1H3. The van der Waals surface area contributed by atoms with Crippen molar-refractivity contribution >= 4 is 44.0 Å². The summed E-state index contributed by atoms with van der Waals surface area (Å²) in [5.41, 5.74) is 1.08. The van der Waals surface area contributed by atoms with E-state index in [4.69, 9.17) is 0 Å². The summed E-state index contributed by atoms with van der Waals surface area (Å²) >= 11 is 3.75. The first-order valence-corrected chi connectivity index (χ1v) is 6.01. The van der Waals surface area contributed by atoms with Gasteiger partial charge in [-0.2, -0.15) is 0 Å². The van der Waals surface area contributed by atoms with Crippen LogP contribution in [0.1, 0.15) is 12.5 Å². The molecule has 0 radical (unpaired) electrons. The minimum atomic E-state index is 0.472. The van der Waals surface area contributed by atoms with E-state index in [1.807, 2.05) is 0 Å². The van der Waals surface area contributed by atoms with Gasteiger partial charge in [0.15, 0.2) is 5.06 Å². The Kier molecular flexibility index (Phi) is 2.47. The molecule has 0 unspecified atom stereocenters. The molecule has 1 aromatic heterocycles. The number of hydrogen-bond acceptors (Lipinski definition) is 2. The lowest BCUT2D eigenvalue weighted by atomic mass is 10.1. The Bertz CT molecular complexity index is 447. The molecule has 0 fully saturated rings. The lowest BCUT2D eigenvalue weighted by molar-refractivity contribution is 0.485. The van der Waals surface area contributed by atoms with Crippen molar-refractivity contribution in [1.82, 2.24) is 0 Å². The summed E-state index contributed by atoms with van der Waals surface area (Å²) in [6.45, 7) is 2.07. The third-order valence-electron chi connectivity index (χ3n) is 2.09. The maximum Gasteiger partial charge on any atom is 0.175 e. The Balaban J connectivity index is 2.79. The number of aryl methyl sites for hydroxylation is 1. The molecule has 2 aromatic rings. The van der Waals surface area contributed by atoms with Crippen LogP contribution in [-0.2, 0) is 6.42 Å². The topological polar surface area (TPSA) is 20.2 Å². The molecule has 0 amide bonds. The van der Waals surface area contributed by atoms with Gasteiger partial charge in [0.1, 0.15) is 0 Å². The molecule has 3 heteroatoms. The largest absolute Gasteiger partial charge is 0.499 e. The molecule has 0 saturated heterocycles. The fourth-order valence-electron chi connectivity index (χ4n) is 1.45. The molecule has 2 rings (SSSR count). The zero-order valence-corrected chi connectivity index (χ0v) is 10.1. The fourth-order valence-corrected chi connectivity index (χ4v) is 3.23. The van der Waals surface area contributed by atoms with Crippen LogP contribution in [0.4, 0.5) is 0 Å². The van der Waals surface area contributed by atoms with Crippen molar-refractivity contribution in [1.29, 1.82) is 0 Å². The molecule has 0 saturated carbocycles. The number of benzene rings is 1. The van der Waals surface area contributed by atoms with Gasteiger partial charge in [0, 0.05) is 13.8 Å². The summed E-state index contributed by atoms with van der Waals surface area (Å²) in [5, 5.41) is 11.3. The van der Waals surface area contributed by atoms with Gasteiger partial charge in [-0.3, -0.25) is 0 Å². The molecule has 0 aliphatic rings. The van der Waals surface area contributed by atoms with Crippen LogP contribution in [-0.4, -0.2) is 5.11 Å². The van der Waals surface area contributed by atoms with Gasteiger partial charge in [0.2, 0.25) is 0 Å². The van der Waals surface area contributed by atoms with E-state index in [0.29, 0.717) is 5.06 Å². The number of rotatable bonds is 1. The molecular formula is C10H9IOS. The molecule has 1 heterocycles. The zero-order valence-electron chi connectivity index (χ0n) is 7.17. The van der Waals surface area contributed by atoms with E-state index in [1.165, 1.54) is 25.0 Å². The predicted molar refractivity (Wildman–Crippen MR) is 65.6 cm³/mol. The van der Waals surface area contributed by atoms with E-state index in [9.17, 15) is 5.11 Å². The Labute approximate surface area is 94.5 Å². The van der Waals surface area contributed by atoms with E-state index in [-0.39, 0.29) is 0 Å². The molecule has 1 nitrogen and oxygen atoms in total. The fraction of sp³-hybridized carbons (Fsp3) is 0.200. The van der Waals surface area contributed by atoms with Crippen molar-refractivity contribution in [3.05, 3.63) is 27.3 Å². The van der Waals surface area contributed by atoms with Crippen LogP contribution in [0.15, 0.2) is 18.2 Å². The SMILES string of the molecule is CCc1c(O)sc2cc(I)ccc12. The van der Waals surface area contributed by atoms with Crippen LogP contribution in [0.2, 0.25) is 0 Å². The highest BCUT2D eigenvalue weighted by molar-refractivity contribution is 14.1. The number of halogens is 1. The van der Waals surface area contributed by atoms with Crippen molar-refractivity contribution in [3.8, 4) is 5.06 Å². The number of fused-ring (bicyclic) bond motifs is 1. The third-order valence-corrected chi connectivity index (χ3v) is 3.76. The van der Waals surface area contributed by atoms with Crippen LogP contribution in [0.3, 0.4) is 0 Å². The Hall–Kier alpha value is -0.290. The van der Waals surface area contributed by atoms with Crippen LogP contribution in [0, 0.1) is 3.57 Å². The highest BCUT2D eigenvalue weighted by Crippen LogP contribution is 2.37. The van der Waals surface area contributed by atoms with Crippen molar-refractivity contribution in [3.63, 3.8) is 0 Å². The predicted octanol–water partition coefficient (Wildman–Crippen LogP) is 3.77. The molecule has 68 valence electrons. The maximum atomic E-state index is 9.64. The van der Waals surface area contributed by atoms with Gasteiger partial charge in [-0.15, -0.1) is 0 Å². The average Bonchev–Trinajstić information content (AvgIpc) is 2.39. The Morgan fingerprint density at radius 2 is 2.23 bits per heavy atom. The summed E-state index contributed by atoms with van der Waals surface area (Å²) in [7, 11) is 0. The zero-order chi connectivity index (χ0) is 9.42. The van der Waals surface area contributed by atoms with E-state index in [1.54, 1.807) is 0 Å². The molecule has 0 atom stereocenters. The van der Waals surface area contributed by atoms with Gasteiger partial charge in [-0.05, 0) is 46.5 Å².